The van der Waals surface area contributed by atoms with Crippen molar-refractivity contribution in [2.75, 3.05) is 31.1 Å². The van der Waals surface area contributed by atoms with Gasteiger partial charge in [0.2, 0.25) is 5.95 Å². The third-order valence-corrected chi connectivity index (χ3v) is 2.50. The van der Waals surface area contributed by atoms with Crippen LogP contribution in [0.15, 0.2) is 12.4 Å². The summed E-state index contributed by atoms with van der Waals surface area (Å²) in [6.45, 7) is 10.2. The minimum Gasteiger partial charge on any atom is -0.338 e. The monoisotopic (exact) mass is 222 g/mol. The summed E-state index contributed by atoms with van der Waals surface area (Å²) in [6.07, 6.45) is 4.84. The molecule has 1 aromatic heterocycles. The van der Waals surface area contributed by atoms with E-state index in [0.717, 1.165) is 38.5 Å². The lowest BCUT2D eigenvalue weighted by atomic mass is 10.3. The number of anilines is 1. The Kier molecular flexibility index (Phi) is 5.78. The molecule has 1 saturated heterocycles. The molecule has 1 fully saturated rings. The number of piperazine rings is 1. The maximum Gasteiger partial charge on any atom is 0.225 e. The Morgan fingerprint density at radius 2 is 1.75 bits per heavy atom. The van der Waals surface area contributed by atoms with Crippen LogP contribution in [0.5, 0.6) is 0 Å². The standard InChI is InChI=1S/C10H16N4.C2H6/c1-2-9-7-12-10(13-8-9)14-5-3-11-4-6-14;1-2/h7-8,11H,2-6H2,1H3;1-2H3. The van der Waals surface area contributed by atoms with Gasteiger partial charge in [0.15, 0.2) is 0 Å². The van der Waals surface area contributed by atoms with Crippen LogP contribution in [0.3, 0.4) is 0 Å². The number of hydrogen-bond donors (Lipinski definition) is 1. The van der Waals surface area contributed by atoms with Gasteiger partial charge in [-0.25, -0.2) is 9.97 Å². The van der Waals surface area contributed by atoms with E-state index in [1.54, 1.807) is 0 Å². The van der Waals surface area contributed by atoms with Crippen LogP contribution in [0, 0.1) is 0 Å². The first-order valence-corrected chi connectivity index (χ1v) is 6.16. The predicted octanol–water partition coefficient (Wildman–Crippen LogP) is 1.47. The molecule has 4 nitrogen and oxygen atoms in total. The number of nitrogens with zero attached hydrogens (tertiary/aromatic N) is 3. The fourth-order valence-electron chi connectivity index (χ4n) is 1.56. The molecular weight excluding hydrogens is 200 g/mol. The van der Waals surface area contributed by atoms with Crippen molar-refractivity contribution < 1.29 is 0 Å². The molecule has 0 radical (unpaired) electrons. The van der Waals surface area contributed by atoms with E-state index in [0.29, 0.717) is 0 Å². The Bertz CT molecular complexity index is 278. The minimum atomic E-state index is 0.865. The SMILES string of the molecule is CC.CCc1cnc(N2CCNCC2)nc1. The van der Waals surface area contributed by atoms with Gasteiger partial charge in [0.1, 0.15) is 0 Å². The molecule has 0 unspecified atom stereocenters. The Morgan fingerprint density at radius 3 is 2.25 bits per heavy atom. The zero-order chi connectivity index (χ0) is 11.8. The first kappa shape index (κ1) is 12.9. The lowest BCUT2D eigenvalue weighted by Crippen LogP contribution is -2.44. The predicted molar refractivity (Wildman–Crippen MR) is 67.8 cm³/mol. The minimum absolute atomic E-state index is 0.865. The van der Waals surface area contributed by atoms with Crippen molar-refractivity contribution in [1.82, 2.24) is 15.3 Å². The second-order valence-electron chi connectivity index (χ2n) is 3.48. The highest BCUT2D eigenvalue weighted by atomic mass is 15.3. The Hall–Kier alpha value is -1.16. The number of aromatic nitrogens is 2. The van der Waals surface area contributed by atoms with Crippen molar-refractivity contribution in [2.45, 2.75) is 27.2 Å². The van der Waals surface area contributed by atoms with E-state index < -0.39 is 0 Å². The molecule has 0 spiro atoms. The summed E-state index contributed by atoms with van der Waals surface area (Å²) in [7, 11) is 0. The van der Waals surface area contributed by atoms with Crippen molar-refractivity contribution in [3.05, 3.63) is 18.0 Å². The molecule has 0 saturated carbocycles. The normalized spacial score (nSPS) is 15.3. The van der Waals surface area contributed by atoms with Gasteiger partial charge in [-0.2, -0.15) is 0 Å². The topological polar surface area (TPSA) is 41.1 Å². The average Bonchev–Trinajstić information content (AvgIpc) is 2.42. The Balaban J connectivity index is 0.000000606. The van der Waals surface area contributed by atoms with Gasteiger partial charge in [-0.3, -0.25) is 0 Å². The molecule has 90 valence electrons. The molecule has 4 heteroatoms. The number of hydrogen-bond acceptors (Lipinski definition) is 4. The summed E-state index contributed by atoms with van der Waals surface area (Å²) in [5.41, 5.74) is 1.20. The van der Waals surface area contributed by atoms with Crippen LogP contribution in [0.1, 0.15) is 26.3 Å². The molecule has 0 aliphatic carbocycles. The second kappa shape index (κ2) is 7.17. The summed E-state index contributed by atoms with van der Waals surface area (Å²) in [5, 5.41) is 3.31. The molecule has 1 aliphatic heterocycles. The number of aryl methyl sites for hydroxylation is 1. The van der Waals surface area contributed by atoms with E-state index in [1.807, 2.05) is 26.2 Å². The third-order valence-electron chi connectivity index (χ3n) is 2.50. The molecule has 0 aromatic carbocycles. The Labute approximate surface area is 98.1 Å². The van der Waals surface area contributed by atoms with Crippen molar-refractivity contribution in [2.24, 2.45) is 0 Å². The van der Waals surface area contributed by atoms with Crippen LogP contribution in [-0.4, -0.2) is 36.1 Å². The fraction of sp³-hybridized carbons (Fsp3) is 0.667. The van der Waals surface area contributed by atoms with E-state index in [2.05, 4.69) is 27.1 Å². The zero-order valence-corrected chi connectivity index (χ0v) is 10.5. The highest BCUT2D eigenvalue weighted by Crippen LogP contribution is 2.07. The van der Waals surface area contributed by atoms with Crippen LogP contribution < -0.4 is 10.2 Å². The van der Waals surface area contributed by atoms with Crippen molar-refractivity contribution in [3.8, 4) is 0 Å². The molecule has 0 amide bonds. The molecule has 0 bridgehead atoms. The molecule has 1 aliphatic rings. The lowest BCUT2D eigenvalue weighted by Gasteiger charge is -2.27. The second-order valence-corrected chi connectivity index (χ2v) is 3.48. The highest BCUT2D eigenvalue weighted by molar-refractivity contribution is 5.30. The van der Waals surface area contributed by atoms with Gasteiger partial charge in [0.25, 0.3) is 0 Å². The maximum atomic E-state index is 4.36. The first-order valence-electron chi connectivity index (χ1n) is 6.16. The van der Waals surface area contributed by atoms with E-state index in [9.17, 15) is 0 Å². The van der Waals surface area contributed by atoms with Gasteiger partial charge in [0.05, 0.1) is 0 Å². The first-order chi connectivity index (χ1) is 7.90. The van der Waals surface area contributed by atoms with Crippen LogP contribution in [0.25, 0.3) is 0 Å². The quantitative estimate of drug-likeness (QED) is 0.823. The smallest absolute Gasteiger partial charge is 0.225 e. The molecule has 0 atom stereocenters. The summed E-state index contributed by atoms with van der Waals surface area (Å²) in [6, 6.07) is 0. The summed E-state index contributed by atoms with van der Waals surface area (Å²) in [4.78, 5) is 10.9. The molecule has 2 heterocycles. The summed E-state index contributed by atoms with van der Waals surface area (Å²) >= 11 is 0. The summed E-state index contributed by atoms with van der Waals surface area (Å²) < 4.78 is 0. The van der Waals surface area contributed by atoms with Crippen molar-refractivity contribution in [3.63, 3.8) is 0 Å². The van der Waals surface area contributed by atoms with Crippen LogP contribution >= 0.6 is 0 Å². The zero-order valence-electron chi connectivity index (χ0n) is 10.5. The Morgan fingerprint density at radius 1 is 1.19 bits per heavy atom. The average molecular weight is 222 g/mol. The number of nitrogens with one attached hydrogen (secondary N) is 1. The van der Waals surface area contributed by atoms with Gasteiger partial charge < -0.3 is 10.2 Å². The fourth-order valence-corrected chi connectivity index (χ4v) is 1.56. The van der Waals surface area contributed by atoms with Crippen LogP contribution in [-0.2, 0) is 6.42 Å². The van der Waals surface area contributed by atoms with E-state index >= 15 is 0 Å². The molecule has 2 rings (SSSR count). The van der Waals surface area contributed by atoms with E-state index in [1.165, 1.54) is 5.56 Å². The van der Waals surface area contributed by atoms with Crippen molar-refractivity contribution >= 4 is 5.95 Å². The van der Waals surface area contributed by atoms with Gasteiger partial charge in [0, 0.05) is 38.6 Å². The largest absolute Gasteiger partial charge is 0.338 e. The number of rotatable bonds is 2. The van der Waals surface area contributed by atoms with E-state index in [4.69, 9.17) is 0 Å². The molecule has 1 aromatic rings. The molecular formula is C12H22N4. The van der Waals surface area contributed by atoms with Gasteiger partial charge >= 0.3 is 0 Å². The highest BCUT2D eigenvalue weighted by Gasteiger charge is 2.11. The van der Waals surface area contributed by atoms with Crippen LogP contribution in [0.2, 0.25) is 0 Å². The van der Waals surface area contributed by atoms with Gasteiger partial charge in [-0.1, -0.05) is 20.8 Å². The summed E-state index contributed by atoms with van der Waals surface area (Å²) in [5.74, 6) is 0.865. The van der Waals surface area contributed by atoms with Crippen LogP contribution in [0.4, 0.5) is 5.95 Å². The lowest BCUT2D eigenvalue weighted by molar-refractivity contribution is 0.579. The van der Waals surface area contributed by atoms with Crippen molar-refractivity contribution in [1.29, 1.82) is 0 Å². The molecule has 16 heavy (non-hydrogen) atoms. The van der Waals surface area contributed by atoms with E-state index in [-0.39, 0.29) is 0 Å². The maximum absolute atomic E-state index is 4.36. The van der Waals surface area contributed by atoms with Gasteiger partial charge in [-0.05, 0) is 12.0 Å². The van der Waals surface area contributed by atoms with Gasteiger partial charge in [-0.15, -0.1) is 0 Å². The third kappa shape index (κ3) is 3.45. The molecule has 1 N–H and O–H groups in total.